The van der Waals surface area contributed by atoms with Crippen LogP contribution < -0.4 is 15.4 Å². The molecule has 3 rings (SSSR count). The first-order valence-corrected chi connectivity index (χ1v) is 10.2. The lowest BCUT2D eigenvalue weighted by molar-refractivity contribution is -0.389. The average Bonchev–Trinajstić information content (AvgIpc) is 2.75. The van der Waals surface area contributed by atoms with E-state index >= 15 is 0 Å². The number of carbonyl (C=O) groups excluding carboxylic acids is 1. The summed E-state index contributed by atoms with van der Waals surface area (Å²) in [5, 5.41) is -1.32. The van der Waals surface area contributed by atoms with Gasteiger partial charge in [0.2, 0.25) is 5.91 Å². The van der Waals surface area contributed by atoms with Crippen LogP contribution in [0.25, 0.3) is 6.08 Å². The van der Waals surface area contributed by atoms with E-state index in [0.29, 0.717) is 0 Å². The van der Waals surface area contributed by atoms with Gasteiger partial charge in [0, 0.05) is 23.4 Å². The molecule has 1 heterocycles. The summed E-state index contributed by atoms with van der Waals surface area (Å²) in [5.74, 6) is -10.0. The fraction of sp³-hybridized carbons (Fsp3) is 0.286. The number of halogens is 13. The lowest BCUT2D eigenvalue weighted by Gasteiger charge is -2.37. The van der Waals surface area contributed by atoms with Gasteiger partial charge in [-0.25, -0.2) is 4.39 Å². The largest absolute Gasteiger partial charge is 0.573 e. The zero-order valence-corrected chi connectivity index (χ0v) is 18.8. The number of nitrogens with two attached hydrogens (primary N) is 1. The van der Waals surface area contributed by atoms with E-state index in [2.05, 4.69) is 4.74 Å². The molecule has 4 nitrogen and oxygen atoms in total. The van der Waals surface area contributed by atoms with E-state index in [1.165, 1.54) is 24.3 Å². The van der Waals surface area contributed by atoms with E-state index in [-0.39, 0.29) is 22.9 Å². The third-order valence-corrected chi connectivity index (χ3v) is 5.58. The van der Waals surface area contributed by atoms with Gasteiger partial charge in [0.05, 0.1) is 5.02 Å². The van der Waals surface area contributed by atoms with Crippen molar-refractivity contribution in [3.63, 3.8) is 0 Å². The van der Waals surface area contributed by atoms with E-state index in [0.717, 1.165) is 11.0 Å². The van der Waals surface area contributed by atoms with Crippen LogP contribution in [0.3, 0.4) is 0 Å². The van der Waals surface area contributed by atoms with Crippen LogP contribution in [-0.2, 0) is 5.67 Å². The van der Waals surface area contributed by atoms with Gasteiger partial charge in [0.1, 0.15) is 5.69 Å². The number of ether oxygens (including phenoxy) is 1. The minimum atomic E-state index is -7.17. The molecule has 0 aromatic heterocycles. The number of benzene rings is 2. The third-order valence-electron chi connectivity index (χ3n) is 5.29. The number of rotatable bonds is 5. The summed E-state index contributed by atoms with van der Waals surface area (Å²) >= 11 is 5.82. The van der Waals surface area contributed by atoms with Gasteiger partial charge in [-0.15, -0.1) is 13.2 Å². The first-order valence-electron chi connectivity index (χ1n) is 9.79. The summed E-state index contributed by atoms with van der Waals surface area (Å²) in [5.41, 5.74) is -5.14. The Hall–Kier alpha value is -3.30. The number of hydrogen-bond acceptors (Lipinski definition) is 3. The van der Waals surface area contributed by atoms with Crippen LogP contribution in [0.5, 0.6) is 5.75 Å². The maximum atomic E-state index is 15.0. The fourth-order valence-corrected chi connectivity index (χ4v) is 3.93. The Balaban J connectivity index is 2.36. The quantitative estimate of drug-likeness (QED) is 0.371. The molecule has 0 saturated carbocycles. The molecule has 0 saturated heterocycles. The molecule has 1 unspecified atom stereocenters. The SMILES string of the molecule is NC(=O)c1ccc2c(c1)N(c1c(Cl)cc(C(F)(C(F)(F)F)C(F)(F)C(F)(F)F)cc1OC(F)(F)F)CC=C2. The second-order valence-corrected chi connectivity index (χ2v) is 8.14. The van der Waals surface area contributed by atoms with Crippen molar-refractivity contribution in [2.45, 2.75) is 30.3 Å². The number of alkyl halides is 12. The van der Waals surface area contributed by atoms with Crippen molar-refractivity contribution in [1.82, 2.24) is 0 Å². The molecule has 17 heteroatoms. The smallest absolute Gasteiger partial charge is 0.403 e. The highest BCUT2D eigenvalue weighted by atomic mass is 35.5. The Morgan fingerprint density at radius 2 is 1.50 bits per heavy atom. The lowest BCUT2D eigenvalue weighted by Crippen LogP contribution is -2.59. The summed E-state index contributed by atoms with van der Waals surface area (Å²) < 4.78 is 165. The Labute approximate surface area is 209 Å². The van der Waals surface area contributed by atoms with E-state index in [1.807, 2.05) is 0 Å². The van der Waals surface area contributed by atoms with Crippen LogP contribution in [0.15, 0.2) is 36.4 Å². The maximum absolute atomic E-state index is 15.0. The molecule has 1 atom stereocenters. The van der Waals surface area contributed by atoms with Gasteiger partial charge in [0.15, 0.2) is 5.75 Å². The molecular weight excluding hydrogens is 576 g/mol. The Bertz CT molecular complexity index is 1290. The summed E-state index contributed by atoms with van der Waals surface area (Å²) in [6.45, 7) is -0.415. The van der Waals surface area contributed by atoms with Crippen molar-refractivity contribution in [2.75, 3.05) is 11.4 Å². The van der Waals surface area contributed by atoms with Gasteiger partial charge in [-0.05, 0) is 29.8 Å². The van der Waals surface area contributed by atoms with Crippen LogP contribution in [0.4, 0.5) is 64.1 Å². The van der Waals surface area contributed by atoms with E-state index < -0.39 is 70.8 Å². The zero-order chi connectivity index (χ0) is 29.1. The summed E-state index contributed by atoms with van der Waals surface area (Å²) in [6, 6.07) is 2.61. The summed E-state index contributed by atoms with van der Waals surface area (Å²) in [7, 11) is 0. The molecule has 0 spiro atoms. The van der Waals surface area contributed by atoms with E-state index in [4.69, 9.17) is 17.3 Å². The Kier molecular flexibility index (Phi) is 7.06. The molecule has 2 N–H and O–H groups in total. The fourth-order valence-electron chi connectivity index (χ4n) is 3.62. The number of fused-ring (bicyclic) bond motifs is 1. The molecule has 2 aromatic rings. The monoisotopic (exact) mass is 586 g/mol. The van der Waals surface area contributed by atoms with Gasteiger partial charge < -0.3 is 15.4 Å². The topological polar surface area (TPSA) is 55.6 Å². The maximum Gasteiger partial charge on any atom is 0.573 e. The van der Waals surface area contributed by atoms with Crippen LogP contribution in [0.1, 0.15) is 21.5 Å². The third kappa shape index (κ3) is 4.92. The summed E-state index contributed by atoms with van der Waals surface area (Å²) in [4.78, 5) is 12.4. The Morgan fingerprint density at radius 1 is 0.895 bits per heavy atom. The van der Waals surface area contributed by atoms with E-state index in [1.54, 1.807) is 0 Å². The zero-order valence-electron chi connectivity index (χ0n) is 18.0. The summed E-state index contributed by atoms with van der Waals surface area (Å²) in [6.07, 6.45) is -17.2. The van der Waals surface area contributed by atoms with Gasteiger partial charge in [-0.2, -0.15) is 35.1 Å². The van der Waals surface area contributed by atoms with Gasteiger partial charge in [-0.3, -0.25) is 4.79 Å². The number of nitrogens with zero attached hydrogens (tertiary/aromatic N) is 1. The second kappa shape index (κ2) is 9.17. The highest BCUT2D eigenvalue weighted by Gasteiger charge is 2.82. The van der Waals surface area contributed by atoms with Gasteiger partial charge >= 0.3 is 30.3 Å². The van der Waals surface area contributed by atoms with Crippen molar-refractivity contribution in [1.29, 1.82) is 0 Å². The molecule has 1 amide bonds. The molecule has 1 aliphatic heterocycles. The molecular formula is C21H11ClF12N2O2. The van der Waals surface area contributed by atoms with Crippen molar-refractivity contribution < 1.29 is 62.2 Å². The number of hydrogen-bond donors (Lipinski definition) is 1. The minimum Gasteiger partial charge on any atom is -0.403 e. The highest BCUT2D eigenvalue weighted by molar-refractivity contribution is 6.34. The lowest BCUT2D eigenvalue weighted by atomic mass is 9.87. The minimum absolute atomic E-state index is 0.131. The first-order chi connectivity index (χ1) is 17.1. The van der Waals surface area contributed by atoms with Crippen LogP contribution in [-0.4, -0.2) is 37.1 Å². The van der Waals surface area contributed by atoms with Crippen molar-refractivity contribution in [2.24, 2.45) is 5.73 Å². The molecule has 2 aromatic carbocycles. The Morgan fingerprint density at radius 3 is 2.00 bits per heavy atom. The number of anilines is 2. The van der Waals surface area contributed by atoms with Crippen LogP contribution >= 0.6 is 11.6 Å². The highest BCUT2D eigenvalue weighted by Crippen LogP contribution is 2.60. The number of amides is 1. The first kappa shape index (κ1) is 29.3. The predicted molar refractivity (Wildman–Crippen MR) is 109 cm³/mol. The van der Waals surface area contributed by atoms with Gasteiger partial charge in [-0.1, -0.05) is 29.8 Å². The molecule has 0 radical (unpaired) electrons. The molecule has 0 aliphatic carbocycles. The van der Waals surface area contributed by atoms with Crippen LogP contribution in [0.2, 0.25) is 5.02 Å². The standard InChI is InChI=1S/C21H11ClF12N2O2/c22-12-7-11(17(23,19(26,27)28)18(24,25)20(29,30)31)8-14(38-21(32,33)34)15(12)36-5-1-2-9-3-4-10(16(35)37)6-13(9)36/h1-4,6-8H,5H2,(H2,35,37). The normalized spacial score (nSPS) is 16.2. The van der Waals surface area contributed by atoms with Gasteiger partial charge in [0.25, 0.3) is 0 Å². The molecule has 1 aliphatic rings. The van der Waals surface area contributed by atoms with Crippen molar-refractivity contribution >= 4 is 35.0 Å². The second-order valence-electron chi connectivity index (χ2n) is 7.73. The molecule has 0 fully saturated rings. The number of primary amides is 1. The predicted octanol–water partition coefficient (Wildman–Crippen LogP) is 7.43. The molecule has 38 heavy (non-hydrogen) atoms. The average molecular weight is 587 g/mol. The van der Waals surface area contributed by atoms with Crippen LogP contribution in [0, 0.1) is 0 Å². The number of carbonyl (C=O) groups is 1. The van der Waals surface area contributed by atoms with E-state index in [9.17, 15) is 57.5 Å². The van der Waals surface area contributed by atoms with Crippen molar-refractivity contribution in [3.05, 3.63) is 58.1 Å². The molecule has 208 valence electrons. The van der Waals surface area contributed by atoms with Crippen molar-refractivity contribution in [3.8, 4) is 5.75 Å². The molecule has 0 bridgehead atoms.